The number of benzene rings is 1. The van der Waals surface area contributed by atoms with Gasteiger partial charge < -0.3 is 14.6 Å². The van der Waals surface area contributed by atoms with Crippen LogP contribution < -0.4 is 5.32 Å². The summed E-state index contributed by atoms with van der Waals surface area (Å²) >= 11 is 1.47. The summed E-state index contributed by atoms with van der Waals surface area (Å²) in [5.74, 6) is -0.334. The quantitative estimate of drug-likeness (QED) is 0.461. The molecule has 0 radical (unpaired) electrons. The van der Waals surface area contributed by atoms with E-state index in [2.05, 4.69) is 15.3 Å². The number of carbonyl (C=O) groups excluding carboxylic acids is 2. The van der Waals surface area contributed by atoms with E-state index < -0.39 is 5.82 Å². The number of piperidine rings is 1. The van der Waals surface area contributed by atoms with Crippen LogP contribution in [0.2, 0.25) is 0 Å². The van der Waals surface area contributed by atoms with Gasteiger partial charge in [-0.15, -0.1) is 11.3 Å². The number of amides is 2. The lowest BCUT2D eigenvalue weighted by Gasteiger charge is -2.35. The Hall–Kier alpha value is -3.53. The molecule has 8 nitrogen and oxygen atoms in total. The number of nitrogens with one attached hydrogen (secondary N) is 1. The van der Waals surface area contributed by atoms with Gasteiger partial charge in [0.25, 0.3) is 11.8 Å². The van der Waals surface area contributed by atoms with Gasteiger partial charge in [-0.05, 0) is 38.3 Å². The van der Waals surface area contributed by atoms with Gasteiger partial charge in [0.15, 0.2) is 22.3 Å². The standard InChI is InChI=1S/C24H24FN5O3S/c1-14-20(30-10-11-34-24(30)27-14)22(31)26-13-18-8-3-4-9-29(18)23(32)19-21(33-15(2)28-19)16-6-5-7-17(25)12-16/h5-7,10-12,18H,3-4,8-9,13H2,1-2H3,(H,26,31)/t18-/m0/s1. The van der Waals surface area contributed by atoms with E-state index in [4.69, 9.17) is 4.42 Å². The maximum atomic E-state index is 13.8. The number of hydrogen-bond acceptors (Lipinski definition) is 6. The van der Waals surface area contributed by atoms with E-state index in [0.29, 0.717) is 35.9 Å². The van der Waals surface area contributed by atoms with E-state index in [-0.39, 0.29) is 29.3 Å². The Kier molecular flexibility index (Phi) is 5.91. The van der Waals surface area contributed by atoms with Crippen molar-refractivity contribution in [2.75, 3.05) is 13.1 Å². The van der Waals surface area contributed by atoms with Gasteiger partial charge in [-0.3, -0.25) is 14.0 Å². The van der Waals surface area contributed by atoms with Crippen LogP contribution >= 0.6 is 11.3 Å². The summed E-state index contributed by atoms with van der Waals surface area (Å²) in [4.78, 5) is 37.8. The summed E-state index contributed by atoms with van der Waals surface area (Å²) in [6.07, 6.45) is 4.41. The predicted octanol–water partition coefficient (Wildman–Crippen LogP) is 4.23. The summed E-state index contributed by atoms with van der Waals surface area (Å²) < 4.78 is 21.3. The summed E-state index contributed by atoms with van der Waals surface area (Å²) in [5, 5.41) is 4.88. The molecule has 1 N–H and O–H groups in total. The molecule has 0 bridgehead atoms. The summed E-state index contributed by atoms with van der Waals surface area (Å²) in [6.45, 7) is 4.33. The predicted molar refractivity (Wildman–Crippen MR) is 125 cm³/mol. The minimum absolute atomic E-state index is 0.160. The van der Waals surface area contributed by atoms with Crippen molar-refractivity contribution >= 4 is 28.1 Å². The van der Waals surface area contributed by atoms with Crippen LogP contribution in [-0.4, -0.2) is 50.2 Å². The van der Waals surface area contributed by atoms with Crippen LogP contribution in [0.15, 0.2) is 40.3 Å². The van der Waals surface area contributed by atoms with Crippen LogP contribution in [0.1, 0.15) is 51.8 Å². The van der Waals surface area contributed by atoms with Gasteiger partial charge in [0.1, 0.15) is 11.5 Å². The van der Waals surface area contributed by atoms with Crippen molar-refractivity contribution in [3.05, 3.63) is 64.6 Å². The second-order valence-corrected chi connectivity index (χ2v) is 9.25. The van der Waals surface area contributed by atoms with Gasteiger partial charge in [-0.25, -0.2) is 14.4 Å². The Bertz CT molecular complexity index is 1370. The lowest BCUT2D eigenvalue weighted by Crippen LogP contribution is -2.49. The lowest BCUT2D eigenvalue weighted by atomic mass is 10.0. The number of aryl methyl sites for hydroxylation is 2. The number of likely N-dealkylation sites (tertiary alicyclic amines) is 1. The van der Waals surface area contributed by atoms with Gasteiger partial charge in [0.2, 0.25) is 0 Å². The first kappa shape index (κ1) is 22.3. The van der Waals surface area contributed by atoms with E-state index in [9.17, 15) is 14.0 Å². The average molecular weight is 482 g/mol. The highest BCUT2D eigenvalue weighted by Gasteiger charge is 2.32. The first-order valence-electron chi connectivity index (χ1n) is 11.2. The largest absolute Gasteiger partial charge is 0.440 e. The number of nitrogens with zero attached hydrogens (tertiary/aromatic N) is 4. The molecule has 0 saturated carbocycles. The SMILES string of the molecule is Cc1nc(C(=O)N2CCCC[C@H]2CNC(=O)c2c(C)nc3sccn23)c(-c2cccc(F)c2)o1. The molecule has 0 spiro atoms. The maximum Gasteiger partial charge on any atom is 0.276 e. The third-order valence-corrected chi connectivity index (χ3v) is 6.82. The molecule has 3 aromatic heterocycles. The summed E-state index contributed by atoms with van der Waals surface area (Å²) in [6, 6.07) is 5.73. The smallest absolute Gasteiger partial charge is 0.276 e. The van der Waals surface area contributed by atoms with E-state index >= 15 is 0 Å². The Morgan fingerprint density at radius 3 is 2.94 bits per heavy atom. The van der Waals surface area contributed by atoms with Crippen molar-refractivity contribution in [2.45, 2.75) is 39.2 Å². The lowest BCUT2D eigenvalue weighted by molar-refractivity contribution is 0.0597. The van der Waals surface area contributed by atoms with Gasteiger partial charge in [-0.2, -0.15) is 0 Å². The number of thiazole rings is 1. The molecule has 1 atom stereocenters. The molecule has 1 saturated heterocycles. The first-order chi connectivity index (χ1) is 16.4. The summed E-state index contributed by atoms with van der Waals surface area (Å²) in [5.41, 5.74) is 1.79. The third kappa shape index (κ3) is 4.09. The minimum Gasteiger partial charge on any atom is -0.440 e. The van der Waals surface area contributed by atoms with Crippen LogP contribution in [0.5, 0.6) is 0 Å². The van der Waals surface area contributed by atoms with Crippen molar-refractivity contribution in [3.8, 4) is 11.3 Å². The Morgan fingerprint density at radius 2 is 2.12 bits per heavy atom. The number of oxazole rings is 1. The number of hydrogen-bond donors (Lipinski definition) is 1. The molecule has 0 aliphatic carbocycles. The molecule has 5 rings (SSSR count). The fourth-order valence-electron chi connectivity index (χ4n) is 4.48. The monoisotopic (exact) mass is 481 g/mol. The molecule has 0 unspecified atom stereocenters. The zero-order valence-electron chi connectivity index (χ0n) is 18.9. The number of imidazole rings is 1. The highest BCUT2D eigenvalue weighted by molar-refractivity contribution is 7.15. The van der Waals surface area contributed by atoms with Crippen molar-refractivity contribution in [1.82, 2.24) is 24.6 Å². The average Bonchev–Trinajstić information content (AvgIpc) is 3.51. The highest BCUT2D eigenvalue weighted by atomic mass is 32.1. The van der Waals surface area contributed by atoms with E-state index in [1.54, 1.807) is 28.4 Å². The van der Waals surface area contributed by atoms with Gasteiger partial charge in [0.05, 0.1) is 5.69 Å². The van der Waals surface area contributed by atoms with Gasteiger partial charge >= 0.3 is 0 Å². The van der Waals surface area contributed by atoms with Crippen LogP contribution in [-0.2, 0) is 0 Å². The molecule has 4 aromatic rings. The van der Waals surface area contributed by atoms with Gasteiger partial charge in [0, 0.05) is 43.2 Å². The number of aromatic nitrogens is 3. The fraction of sp³-hybridized carbons (Fsp3) is 0.333. The number of halogens is 1. The van der Waals surface area contributed by atoms with Gasteiger partial charge in [-0.1, -0.05) is 12.1 Å². The third-order valence-electron chi connectivity index (χ3n) is 6.06. The van der Waals surface area contributed by atoms with Crippen LogP contribution in [0.25, 0.3) is 16.3 Å². The molecule has 1 aliphatic heterocycles. The van der Waals surface area contributed by atoms with Crippen LogP contribution in [0.3, 0.4) is 0 Å². The molecule has 1 aromatic carbocycles. The van der Waals surface area contributed by atoms with E-state index in [0.717, 1.165) is 24.2 Å². The number of rotatable bonds is 5. The Balaban J connectivity index is 1.36. The highest BCUT2D eigenvalue weighted by Crippen LogP contribution is 2.28. The molecule has 34 heavy (non-hydrogen) atoms. The number of fused-ring (bicyclic) bond motifs is 1. The van der Waals surface area contributed by atoms with Crippen molar-refractivity contribution < 1.29 is 18.4 Å². The molecule has 10 heteroatoms. The normalized spacial score (nSPS) is 16.2. The van der Waals surface area contributed by atoms with E-state index in [1.807, 2.05) is 18.5 Å². The maximum absolute atomic E-state index is 13.8. The second-order valence-electron chi connectivity index (χ2n) is 8.38. The minimum atomic E-state index is -0.418. The number of carbonyl (C=O) groups is 2. The molecule has 176 valence electrons. The first-order valence-corrected chi connectivity index (χ1v) is 12.0. The summed E-state index contributed by atoms with van der Waals surface area (Å²) in [7, 11) is 0. The zero-order chi connectivity index (χ0) is 23.8. The van der Waals surface area contributed by atoms with Crippen LogP contribution in [0, 0.1) is 19.7 Å². The van der Waals surface area contributed by atoms with Crippen LogP contribution in [0.4, 0.5) is 4.39 Å². The Labute approximate surface area is 199 Å². The van der Waals surface area contributed by atoms with E-state index in [1.165, 1.54) is 23.5 Å². The molecular weight excluding hydrogens is 457 g/mol. The Morgan fingerprint density at radius 1 is 1.26 bits per heavy atom. The molecule has 4 heterocycles. The molecular formula is C24H24FN5O3S. The molecule has 2 amide bonds. The molecule has 1 fully saturated rings. The molecule has 1 aliphatic rings. The zero-order valence-corrected chi connectivity index (χ0v) is 19.7. The van der Waals surface area contributed by atoms with Crippen molar-refractivity contribution in [2.24, 2.45) is 0 Å². The van der Waals surface area contributed by atoms with Crippen molar-refractivity contribution in [1.29, 1.82) is 0 Å². The van der Waals surface area contributed by atoms with Crippen molar-refractivity contribution in [3.63, 3.8) is 0 Å². The second kappa shape index (κ2) is 9.02. The fourth-order valence-corrected chi connectivity index (χ4v) is 5.23. The topological polar surface area (TPSA) is 92.7 Å².